The molecule has 0 saturated heterocycles. The van der Waals surface area contributed by atoms with Crippen molar-refractivity contribution in [1.29, 1.82) is 0 Å². The van der Waals surface area contributed by atoms with E-state index in [9.17, 15) is 9.18 Å². The van der Waals surface area contributed by atoms with Crippen molar-refractivity contribution in [3.8, 4) is 22.3 Å². The molecule has 2 nitrogen and oxygen atoms in total. The van der Waals surface area contributed by atoms with Crippen LogP contribution >= 0.6 is 0 Å². The first-order valence-corrected chi connectivity index (χ1v) is 9.73. The molecule has 0 aromatic heterocycles. The Morgan fingerprint density at radius 3 is 2.34 bits per heavy atom. The number of esters is 1. The van der Waals surface area contributed by atoms with Gasteiger partial charge in [0.2, 0.25) is 0 Å². The lowest BCUT2D eigenvalue weighted by Crippen LogP contribution is -2.12. The zero-order valence-electron chi connectivity index (χ0n) is 17.3. The number of aryl methyl sites for hydroxylation is 2. The van der Waals surface area contributed by atoms with E-state index in [1.807, 2.05) is 44.2 Å². The van der Waals surface area contributed by atoms with Gasteiger partial charge in [-0.2, -0.15) is 0 Å². The van der Waals surface area contributed by atoms with Crippen molar-refractivity contribution in [1.82, 2.24) is 0 Å². The van der Waals surface area contributed by atoms with Gasteiger partial charge in [-0.05, 0) is 79.3 Å². The molecule has 0 unspecified atom stereocenters. The molecule has 2 radical (unpaired) electrons. The Bertz CT molecular complexity index is 1070. The maximum absolute atomic E-state index is 13.9. The van der Waals surface area contributed by atoms with E-state index in [4.69, 9.17) is 12.6 Å². The van der Waals surface area contributed by atoms with Crippen LogP contribution in [0, 0.1) is 26.6 Å². The van der Waals surface area contributed by atoms with Crippen LogP contribution < -0.4 is 5.46 Å². The second-order valence-electron chi connectivity index (χ2n) is 7.29. The highest BCUT2D eigenvalue weighted by Crippen LogP contribution is 2.35. The summed E-state index contributed by atoms with van der Waals surface area (Å²) in [5.41, 5.74) is 8.06. The van der Waals surface area contributed by atoms with Crippen LogP contribution in [0.2, 0.25) is 0 Å². The van der Waals surface area contributed by atoms with Crippen molar-refractivity contribution < 1.29 is 13.9 Å². The first-order chi connectivity index (χ1) is 13.8. The van der Waals surface area contributed by atoms with E-state index in [0.29, 0.717) is 12.2 Å². The van der Waals surface area contributed by atoms with E-state index in [1.165, 1.54) is 6.07 Å². The minimum Gasteiger partial charge on any atom is -0.466 e. The molecule has 0 heterocycles. The second-order valence-corrected chi connectivity index (χ2v) is 7.29. The number of halogens is 1. The van der Waals surface area contributed by atoms with Gasteiger partial charge >= 0.3 is 5.97 Å². The van der Waals surface area contributed by atoms with Gasteiger partial charge in [0.05, 0.1) is 13.0 Å². The Morgan fingerprint density at radius 2 is 1.66 bits per heavy atom. The minimum atomic E-state index is -0.266. The number of hydrogen-bond acceptors (Lipinski definition) is 2. The van der Waals surface area contributed by atoms with Gasteiger partial charge in [-0.1, -0.05) is 46.9 Å². The van der Waals surface area contributed by atoms with Crippen molar-refractivity contribution in [3.63, 3.8) is 0 Å². The fourth-order valence-electron chi connectivity index (χ4n) is 3.52. The van der Waals surface area contributed by atoms with Crippen LogP contribution in [0.25, 0.3) is 22.3 Å². The Balaban J connectivity index is 2.19. The maximum atomic E-state index is 13.9. The average molecular weight is 386 g/mol. The van der Waals surface area contributed by atoms with Crippen LogP contribution in [0.5, 0.6) is 0 Å². The molecule has 3 aromatic rings. The van der Waals surface area contributed by atoms with Gasteiger partial charge in [0.25, 0.3) is 0 Å². The highest BCUT2D eigenvalue weighted by molar-refractivity contribution is 6.34. The molecule has 0 fully saturated rings. The van der Waals surface area contributed by atoms with Crippen molar-refractivity contribution in [3.05, 3.63) is 76.6 Å². The van der Waals surface area contributed by atoms with E-state index >= 15 is 0 Å². The average Bonchev–Trinajstić information content (AvgIpc) is 2.69. The third-order valence-corrected chi connectivity index (χ3v) is 5.23. The third kappa shape index (κ3) is 4.42. The highest BCUT2D eigenvalue weighted by atomic mass is 19.1. The fraction of sp³-hybridized carbons (Fsp3) is 0.240. The molecule has 0 aliphatic rings. The SMILES string of the molecule is [B]c1c(C)ccc(-c2ccc(CC(=O)OCC)cc2-c2ccc(F)c(C)c2)c1C. The summed E-state index contributed by atoms with van der Waals surface area (Å²) in [6.45, 7) is 7.87. The molecular formula is C25H24BFO2. The first-order valence-electron chi connectivity index (χ1n) is 9.73. The normalized spacial score (nSPS) is 10.8. The summed E-state index contributed by atoms with van der Waals surface area (Å²) in [4.78, 5) is 12.0. The van der Waals surface area contributed by atoms with Gasteiger partial charge in [0.1, 0.15) is 13.7 Å². The standard InChI is InChI=1S/C25H24BFO2/c1-5-29-24(28)14-18-7-10-21(20-9-6-15(2)25(26)17(20)4)22(13-18)19-8-11-23(27)16(3)12-19/h6-13H,5,14H2,1-4H3. The zero-order valence-corrected chi connectivity index (χ0v) is 17.3. The van der Waals surface area contributed by atoms with Gasteiger partial charge in [0.15, 0.2) is 0 Å². The maximum Gasteiger partial charge on any atom is 0.310 e. The number of ether oxygens (including phenoxy) is 1. The molecule has 0 bridgehead atoms. The summed E-state index contributed by atoms with van der Waals surface area (Å²) in [5, 5.41) is 0. The molecule has 3 aromatic carbocycles. The number of rotatable bonds is 5. The predicted octanol–water partition coefficient (Wildman–Crippen LogP) is 4.98. The van der Waals surface area contributed by atoms with Crippen LogP contribution in [0.1, 0.15) is 29.2 Å². The van der Waals surface area contributed by atoms with Gasteiger partial charge in [-0.3, -0.25) is 4.79 Å². The number of carbonyl (C=O) groups excluding carboxylic acids is 1. The molecule has 29 heavy (non-hydrogen) atoms. The van der Waals surface area contributed by atoms with E-state index in [2.05, 4.69) is 6.07 Å². The summed E-state index contributed by atoms with van der Waals surface area (Å²) in [6, 6.07) is 15.0. The molecule has 4 heteroatoms. The number of hydrogen-bond donors (Lipinski definition) is 0. The van der Waals surface area contributed by atoms with E-state index in [-0.39, 0.29) is 18.2 Å². The molecule has 146 valence electrons. The summed E-state index contributed by atoms with van der Waals surface area (Å²) < 4.78 is 18.9. The van der Waals surface area contributed by atoms with Crippen LogP contribution in [-0.4, -0.2) is 20.4 Å². The monoisotopic (exact) mass is 386 g/mol. The second kappa shape index (κ2) is 8.65. The summed E-state index contributed by atoms with van der Waals surface area (Å²) in [7, 11) is 6.27. The van der Waals surface area contributed by atoms with Crippen molar-refractivity contribution >= 4 is 19.3 Å². The third-order valence-electron chi connectivity index (χ3n) is 5.23. The van der Waals surface area contributed by atoms with E-state index in [1.54, 1.807) is 19.9 Å². The molecule has 0 aliphatic carbocycles. The van der Waals surface area contributed by atoms with Gasteiger partial charge < -0.3 is 4.74 Å². The summed E-state index contributed by atoms with van der Waals surface area (Å²) >= 11 is 0. The zero-order chi connectivity index (χ0) is 21.1. The summed E-state index contributed by atoms with van der Waals surface area (Å²) in [5.74, 6) is -0.508. The highest BCUT2D eigenvalue weighted by Gasteiger charge is 2.15. The fourth-order valence-corrected chi connectivity index (χ4v) is 3.52. The number of carbonyl (C=O) groups is 1. The molecule has 0 N–H and O–H groups in total. The van der Waals surface area contributed by atoms with Gasteiger partial charge in [-0.15, -0.1) is 0 Å². The lowest BCUT2D eigenvalue weighted by Gasteiger charge is -2.17. The van der Waals surface area contributed by atoms with Gasteiger partial charge in [0, 0.05) is 0 Å². The first kappa shape index (κ1) is 20.8. The van der Waals surface area contributed by atoms with Crippen molar-refractivity contribution in [2.24, 2.45) is 0 Å². The quantitative estimate of drug-likeness (QED) is 0.457. The van der Waals surface area contributed by atoms with E-state index in [0.717, 1.165) is 44.4 Å². The number of benzene rings is 3. The topological polar surface area (TPSA) is 26.3 Å². The smallest absolute Gasteiger partial charge is 0.310 e. The minimum absolute atomic E-state index is 0.191. The van der Waals surface area contributed by atoms with Crippen LogP contribution in [0.3, 0.4) is 0 Å². The van der Waals surface area contributed by atoms with Crippen molar-refractivity contribution in [2.75, 3.05) is 6.61 Å². The molecule has 0 atom stereocenters. The molecule has 0 amide bonds. The van der Waals surface area contributed by atoms with Crippen LogP contribution in [0.4, 0.5) is 4.39 Å². The van der Waals surface area contributed by atoms with Gasteiger partial charge in [-0.25, -0.2) is 4.39 Å². The largest absolute Gasteiger partial charge is 0.466 e. The van der Waals surface area contributed by atoms with Crippen molar-refractivity contribution in [2.45, 2.75) is 34.1 Å². The van der Waals surface area contributed by atoms with E-state index < -0.39 is 0 Å². The molecule has 0 saturated carbocycles. The molecule has 0 spiro atoms. The lowest BCUT2D eigenvalue weighted by atomic mass is 9.81. The Morgan fingerprint density at radius 1 is 0.931 bits per heavy atom. The van der Waals surface area contributed by atoms with Crippen LogP contribution in [-0.2, 0) is 16.0 Å². The summed E-state index contributed by atoms with van der Waals surface area (Å²) in [6.07, 6.45) is 0.191. The lowest BCUT2D eigenvalue weighted by molar-refractivity contribution is -0.142. The van der Waals surface area contributed by atoms with Crippen LogP contribution in [0.15, 0.2) is 48.5 Å². The predicted molar refractivity (Wildman–Crippen MR) is 117 cm³/mol. The Hall–Kier alpha value is -2.88. The molecule has 0 aliphatic heterocycles. The Labute approximate surface area is 173 Å². The molecule has 3 rings (SSSR count). The Kier molecular flexibility index (Phi) is 6.22. The molecular weight excluding hydrogens is 362 g/mol.